The standard InChI is InChI=1S/C15H24N2O2/c1-4-5-18-15-7-13(16)6-14(8-15)17-9-11(2)19-12(3)10-17/h6-8,11-12H,4-5,9-10,16H2,1-3H3/t11-,12+. The molecular formula is C15H24N2O2. The molecular weight excluding hydrogens is 240 g/mol. The molecule has 19 heavy (non-hydrogen) atoms. The minimum atomic E-state index is 0.241. The van der Waals surface area contributed by atoms with Crippen LogP contribution >= 0.6 is 0 Å². The number of hydrogen-bond donors (Lipinski definition) is 1. The maximum atomic E-state index is 5.97. The van der Waals surface area contributed by atoms with Crippen molar-refractivity contribution < 1.29 is 9.47 Å². The van der Waals surface area contributed by atoms with Crippen molar-refractivity contribution in [2.24, 2.45) is 0 Å². The quantitative estimate of drug-likeness (QED) is 0.849. The highest BCUT2D eigenvalue weighted by atomic mass is 16.5. The largest absolute Gasteiger partial charge is 0.493 e. The van der Waals surface area contributed by atoms with Gasteiger partial charge in [0.25, 0.3) is 0 Å². The summed E-state index contributed by atoms with van der Waals surface area (Å²) in [6, 6.07) is 5.95. The maximum Gasteiger partial charge on any atom is 0.123 e. The number of nitrogens with two attached hydrogens (primary N) is 1. The van der Waals surface area contributed by atoms with E-state index in [4.69, 9.17) is 15.2 Å². The van der Waals surface area contributed by atoms with Crippen molar-refractivity contribution in [2.45, 2.75) is 39.4 Å². The molecule has 1 saturated heterocycles. The number of anilines is 2. The Hall–Kier alpha value is -1.42. The van der Waals surface area contributed by atoms with Crippen molar-refractivity contribution in [3.63, 3.8) is 0 Å². The molecule has 0 saturated carbocycles. The molecule has 0 radical (unpaired) electrons. The first-order valence-corrected chi connectivity index (χ1v) is 7.02. The lowest BCUT2D eigenvalue weighted by molar-refractivity contribution is -0.00522. The summed E-state index contributed by atoms with van der Waals surface area (Å²) in [5.41, 5.74) is 7.83. The second kappa shape index (κ2) is 6.15. The van der Waals surface area contributed by atoms with E-state index in [0.717, 1.165) is 43.2 Å². The Balaban J connectivity index is 2.16. The van der Waals surface area contributed by atoms with E-state index in [-0.39, 0.29) is 12.2 Å². The Kier molecular flexibility index (Phi) is 4.53. The molecule has 2 rings (SSSR count). The van der Waals surface area contributed by atoms with E-state index in [1.807, 2.05) is 12.1 Å². The zero-order valence-corrected chi connectivity index (χ0v) is 12.1. The molecule has 0 aliphatic carbocycles. The van der Waals surface area contributed by atoms with Gasteiger partial charge in [-0.3, -0.25) is 0 Å². The molecule has 2 atom stereocenters. The van der Waals surface area contributed by atoms with Gasteiger partial charge in [0.15, 0.2) is 0 Å². The van der Waals surface area contributed by atoms with Crippen LogP contribution in [0.25, 0.3) is 0 Å². The fraction of sp³-hybridized carbons (Fsp3) is 0.600. The minimum Gasteiger partial charge on any atom is -0.493 e. The average Bonchev–Trinajstić information content (AvgIpc) is 2.34. The van der Waals surface area contributed by atoms with Crippen LogP contribution in [0.5, 0.6) is 5.75 Å². The van der Waals surface area contributed by atoms with E-state index in [1.54, 1.807) is 0 Å². The third kappa shape index (κ3) is 3.77. The van der Waals surface area contributed by atoms with Gasteiger partial charge in [0.2, 0.25) is 0 Å². The highest BCUT2D eigenvalue weighted by molar-refractivity contribution is 5.60. The zero-order valence-electron chi connectivity index (χ0n) is 12.1. The topological polar surface area (TPSA) is 47.7 Å². The van der Waals surface area contributed by atoms with Gasteiger partial charge in [0, 0.05) is 36.6 Å². The summed E-state index contributed by atoms with van der Waals surface area (Å²) in [5, 5.41) is 0. The summed E-state index contributed by atoms with van der Waals surface area (Å²) in [5.74, 6) is 0.851. The van der Waals surface area contributed by atoms with E-state index in [2.05, 4.69) is 31.7 Å². The zero-order chi connectivity index (χ0) is 13.8. The third-order valence-electron chi connectivity index (χ3n) is 3.17. The summed E-state index contributed by atoms with van der Waals surface area (Å²) < 4.78 is 11.4. The maximum absolute atomic E-state index is 5.97. The van der Waals surface area contributed by atoms with Crippen LogP contribution in [0.1, 0.15) is 27.2 Å². The van der Waals surface area contributed by atoms with Crippen molar-refractivity contribution in [1.82, 2.24) is 0 Å². The van der Waals surface area contributed by atoms with Gasteiger partial charge in [-0.2, -0.15) is 0 Å². The number of benzene rings is 1. The van der Waals surface area contributed by atoms with Gasteiger partial charge in [0.1, 0.15) is 5.75 Å². The summed E-state index contributed by atoms with van der Waals surface area (Å²) in [7, 11) is 0. The molecule has 4 heteroatoms. The molecule has 2 N–H and O–H groups in total. The van der Waals surface area contributed by atoms with E-state index < -0.39 is 0 Å². The molecule has 1 aromatic rings. The summed E-state index contributed by atoms with van der Waals surface area (Å²) in [6.07, 6.45) is 1.48. The molecule has 0 unspecified atom stereocenters. The molecule has 106 valence electrons. The lowest BCUT2D eigenvalue weighted by Crippen LogP contribution is -2.45. The van der Waals surface area contributed by atoms with Gasteiger partial charge in [-0.1, -0.05) is 6.92 Å². The van der Waals surface area contributed by atoms with Gasteiger partial charge in [0.05, 0.1) is 18.8 Å². The predicted octanol–water partition coefficient (Wildman–Crippen LogP) is 2.67. The highest BCUT2D eigenvalue weighted by Crippen LogP contribution is 2.28. The molecule has 4 nitrogen and oxygen atoms in total. The Morgan fingerprint density at radius 3 is 2.58 bits per heavy atom. The van der Waals surface area contributed by atoms with Crippen molar-refractivity contribution in [1.29, 1.82) is 0 Å². The first-order valence-electron chi connectivity index (χ1n) is 7.02. The van der Waals surface area contributed by atoms with Crippen LogP contribution in [0.15, 0.2) is 18.2 Å². The number of rotatable bonds is 4. The number of ether oxygens (including phenoxy) is 2. The average molecular weight is 264 g/mol. The molecule has 0 spiro atoms. The number of hydrogen-bond acceptors (Lipinski definition) is 4. The lowest BCUT2D eigenvalue weighted by Gasteiger charge is -2.37. The smallest absolute Gasteiger partial charge is 0.123 e. The fourth-order valence-corrected chi connectivity index (χ4v) is 2.48. The Labute approximate surface area is 115 Å². The van der Waals surface area contributed by atoms with Crippen molar-refractivity contribution in [3.05, 3.63) is 18.2 Å². The Bertz CT molecular complexity index is 413. The van der Waals surface area contributed by atoms with Crippen LogP contribution in [0.2, 0.25) is 0 Å². The number of nitrogens with zero attached hydrogens (tertiary/aromatic N) is 1. The van der Waals surface area contributed by atoms with Crippen LogP contribution in [-0.4, -0.2) is 31.9 Å². The van der Waals surface area contributed by atoms with Gasteiger partial charge >= 0.3 is 0 Å². The van der Waals surface area contributed by atoms with Crippen LogP contribution in [0, 0.1) is 0 Å². The predicted molar refractivity (Wildman–Crippen MR) is 78.9 cm³/mol. The fourth-order valence-electron chi connectivity index (χ4n) is 2.48. The van der Waals surface area contributed by atoms with Gasteiger partial charge in [-0.15, -0.1) is 0 Å². The van der Waals surface area contributed by atoms with E-state index in [1.165, 1.54) is 0 Å². The molecule has 1 heterocycles. The monoisotopic (exact) mass is 264 g/mol. The Morgan fingerprint density at radius 1 is 1.26 bits per heavy atom. The second-order valence-electron chi connectivity index (χ2n) is 5.27. The van der Waals surface area contributed by atoms with Crippen molar-refractivity contribution in [3.8, 4) is 5.75 Å². The first kappa shape index (κ1) is 14.0. The van der Waals surface area contributed by atoms with Gasteiger partial charge in [-0.05, 0) is 26.3 Å². The molecule has 1 aliphatic rings. The van der Waals surface area contributed by atoms with E-state index in [0.29, 0.717) is 0 Å². The molecule has 1 fully saturated rings. The lowest BCUT2D eigenvalue weighted by atomic mass is 10.2. The summed E-state index contributed by atoms with van der Waals surface area (Å²) in [4.78, 5) is 2.31. The summed E-state index contributed by atoms with van der Waals surface area (Å²) >= 11 is 0. The molecule has 0 amide bonds. The normalized spacial score (nSPS) is 23.4. The molecule has 0 bridgehead atoms. The highest BCUT2D eigenvalue weighted by Gasteiger charge is 2.22. The molecule has 0 aromatic heterocycles. The molecule has 1 aromatic carbocycles. The number of morpholine rings is 1. The second-order valence-corrected chi connectivity index (χ2v) is 5.27. The number of nitrogen functional groups attached to an aromatic ring is 1. The minimum absolute atomic E-state index is 0.241. The van der Waals surface area contributed by atoms with Crippen LogP contribution in [0.4, 0.5) is 11.4 Å². The van der Waals surface area contributed by atoms with Crippen molar-refractivity contribution in [2.75, 3.05) is 30.3 Å². The first-order chi connectivity index (χ1) is 9.08. The Morgan fingerprint density at radius 2 is 1.95 bits per heavy atom. The van der Waals surface area contributed by atoms with Gasteiger partial charge < -0.3 is 20.1 Å². The summed E-state index contributed by atoms with van der Waals surface area (Å²) in [6.45, 7) is 8.80. The molecule has 1 aliphatic heterocycles. The van der Waals surface area contributed by atoms with Crippen LogP contribution in [0.3, 0.4) is 0 Å². The van der Waals surface area contributed by atoms with E-state index in [9.17, 15) is 0 Å². The van der Waals surface area contributed by atoms with Crippen LogP contribution in [-0.2, 0) is 4.74 Å². The van der Waals surface area contributed by atoms with Crippen molar-refractivity contribution >= 4 is 11.4 Å². The third-order valence-corrected chi connectivity index (χ3v) is 3.17. The van der Waals surface area contributed by atoms with Gasteiger partial charge in [-0.25, -0.2) is 0 Å². The SMILES string of the molecule is CCCOc1cc(N)cc(N2C[C@@H](C)O[C@@H](C)C2)c1. The van der Waals surface area contributed by atoms with E-state index >= 15 is 0 Å². The van der Waals surface area contributed by atoms with Crippen LogP contribution < -0.4 is 15.4 Å².